The van der Waals surface area contributed by atoms with Gasteiger partial charge in [-0.1, -0.05) is 6.08 Å². The van der Waals surface area contributed by atoms with Crippen molar-refractivity contribution >= 4 is 11.5 Å². The van der Waals surface area contributed by atoms with Crippen LogP contribution in [-0.2, 0) is 0 Å². The minimum absolute atomic E-state index is 0.268. The van der Waals surface area contributed by atoms with Crippen LogP contribution in [0, 0.1) is 11.6 Å². The molecule has 0 spiro atoms. The zero-order valence-corrected chi connectivity index (χ0v) is 9.30. The lowest BCUT2D eigenvalue weighted by Crippen LogP contribution is -2.10. The molecule has 2 nitrogen and oxygen atoms in total. The zero-order valence-electron chi connectivity index (χ0n) is 9.30. The molecule has 2 rings (SSSR count). The van der Waals surface area contributed by atoms with Crippen molar-refractivity contribution in [2.24, 2.45) is 0 Å². The average molecular weight is 237 g/mol. The predicted octanol–water partition coefficient (Wildman–Crippen LogP) is 3.23. The molecule has 4 heteroatoms. The van der Waals surface area contributed by atoms with Crippen molar-refractivity contribution in [1.29, 1.82) is 0 Å². The molecule has 0 aromatic heterocycles. The minimum Gasteiger partial charge on any atom is -0.396 e. The van der Waals surface area contributed by atoms with E-state index < -0.39 is 17.4 Å². The van der Waals surface area contributed by atoms with Crippen LogP contribution < -0.4 is 5.73 Å². The van der Waals surface area contributed by atoms with Gasteiger partial charge in [0.1, 0.15) is 5.82 Å². The second-order valence-corrected chi connectivity index (χ2v) is 4.16. The molecule has 0 amide bonds. The third-order valence-corrected chi connectivity index (χ3v) is 2.89. The van der Waals surface area contributed by atoms with Crippen molar-refractivity contribution in [2.45, 2.75) is 25.7 Å². The molecule has 0 radical (unpaired) electrons. The Morgan fingerprint density at radius 1 is 1.24 bits per heavy atom. The van der Waals surface area contributed by atoms with Gasteiger partial charge >= 0.3 is 0 Å². The van der Waals surface area contributed by atoms with Gasteiger partial charge in [-0.15, -0.1) is 0 Å². The summed E-state index contributed by atoms with van der Waals surface area (Å²) in [5.41, 5.74) is 5.26. The van der Waals surface area contributed by atoms with E-state index in [2.05, 4.69) is 0 Å². The van der Waals surface area contributed by atoms with E-state index in [1.807, 2.05) is 0 Å². The van der Waals surface area contributed by atoms with Crippen LogP contribution in [0.25, 0.3) is 0 Å². The molecule has 0 atom stereocenters. The first-order chi connectivity index (χ1) is 8.09. The molecule has 0 heterocycles. The molecule has 1 aliphatic carbocycles. The number of Topliss-reactive ketones (excluding diaryl/α,β-unsaturated/α-hetero) is 1. The van der Waals surface area contributed by atoms with Gasteiger partial charge in [0.2, 0.25) is 0 Å². The lowest BCUT2D eigenvalue weighted by atomic mass is 9.92. The Morgan fingerprint density at radius 3 is 2.65 bits per heavy atom. The first-order valence-electron chi connectivity index (χ1n) is 5.58. The number of carbonyl (C=O) groups is 1. The number of hydrogen-bond donors (Lipinski definition) is 1. The molecule has 1 aromatic carbocycles. The predicted molar refractivity (Wildman–Crippen MR) is 61.7 cm³/mol. The van der Waals surface area contributed by atoms with Gasteiger partial charge in [0, 0.05) is 0 Å². The summed E-state index contributed by atoms with van der Waals surface area (Å²) < 4.78 is 26.8. The molecular formula is C13H13F2NO. The van der Waals surface area contributed by atoms with E-state index in [1.165, 1.54) is 0 Å². The van der Waals surface area contributed by atoms with Crippen molar-refractivity contribution in [2.75, 3.05) is 5.73 Å². The quantitative estimate of drug-likeness (QED) is 0.634. The van der Waals surface area contributed by atoms with Crippen LogP contribution in [-0.4, -0.2) is 5.78 Å². The van der Waals surface area contributed by atoms with E-state index in [1.54, 1.807) is 6.08 Å². The maximum atomic E-state index is 13.6. The van der Waals surface area contributed by atoms with Crippen LogP contribution >= 0.6 is 0 Å². The van der Waals surface area contributed by atoms with E-state index in [9.17, 15) is 13.6 Å². The van der Waals surface area contributed by atoms with Crippen LogP contribution in [0.5, 0.6) is 0 Å². The van der Waals surface area contributed by atoms with Crippen LogP contribution in [0.15, 0.2) is 23.8 Å². The van der Waals surface area contributed by atoms with Gasteiger partial charge in [0.25, 0.3) is 0 Å². The lowest BCUT2D eigenvalue weighted by Gasteiger charge is -2.12. The Labute approximate surface area is 98.1 Å². The number of ketones is 1. The maximum absolute atomic E-state index is 13.6. The number of nitrogen functional groups attached to an aromatic ring is 1. The second-order valence-electron chi connectivity index (χ2n) is 4.16. The Morgan fingerprint density at radius 2 is 2.00 bits per heavy atom. The highest BCUT2D eigenvalue weighted by atomic mass is 19.1. The van der Waals surface area contributed by atoms with Gasteiger partial charge in [-0.3, -0.25) is 4.79 Å². The van der Waals surface area contributed by atoms with Crippen LogP contribution in [0.1, 0.15) is 36.0 Å². The van der Waals surface area contributed by atoms with E-state index in [0.717, 1.165) is 31.4 Å². The summed E-state index contributed by atoms with van der Waals surface area (Å²) in [6.45, 7) is 0. The number of benzene rings is 1. The SMILES string of the molecule is Nc1cc(F)cc(C(=O)C2=CCCCC2)c1F. The number of halogens is 2. The number of nitrogens with two attached hydrogens (primary N) is 1. The molecule has 17 heavy (non-hydrogen) atoms. The summed E-state index contributed by atoms with van der Waals surface area (Å²) in [5.74, 6) is -1.97. The molecule has 0 saturated carbocycles. The molecule has 0 bridgehead atoms. The number of carbonyl (C=O) groups excluding carboxylic acids is 1. The summed E-state index contributed by atoms with van der Waals surface area (Å²) in [6, 6.07) is 1.78. The summed E-state index contributed by atoms with van der Waals surface area (Å²) in [6.07, 6.45) is 5.17. The van der Waals surface area contributed by atoms with E-state index in [4.69, 9.17) is 5.73 Å². The Bertz CT molecular complexity index is 494. The molecule has 90 valence electrons. The molecule has 2 N–H and O–H groups in total. The Kier molecular flexibility index (Phi) is 3.22. The highest BCUT2D eigenvalue weighted by molar-refractivity contribution is 6.09. The van der Waals surface area contributed by atoms with Gasteiger partial charge in [-0.2, -0.15) is 0 Å². The van der Waals surface area contributed by atoms with Crippen molar-refractivity contribution < 1.29 is 13.6 Å². The molecule has 0 unspecified atom stereocenters. The summed E-state index contributed by atoms with van der Waals surface area (Å²) in [7, 11) is 0. The minimum atomic E-state index is -0.831. The molecule has 0 fully saturated rings. The number of allylic oxidation sites excluding steroid dienone is 2. The van der Waals surface area contributed by atoms with Gasteiger partial charge in [-0.25, -0.2) is 8.78 Å². The molecule has 0 saturated heterocycles. The fourth-order valence-corrected chi connectivity index (χ4v) is 1.99. The van der Waals surface area contributed by atoms with E-state index in [0.29, 0.717) is 12.0 Å². The fraction of sp³-hybridized carbons (Fsp3) is 0.308. The Balaban J connectivity index is 2.40. The monoisotopic (exact) mass is 237 g/mol. The molecule has 0 aliphatic heterocycles. The van der Waals surface area contributed by atoms with E-state index >= 15 is 0 Å². The number of anilines is 1. The largest absolute Gasteiger partial charge is 0.396 e. The molecule has 1 aliphatic rings. The first kappa shape index (κ1) is 11.8. The molecule has 1 aromatic rings. The summed E-state index contributed by atoms with van der Waals surface area (Å²) in [5, 5.41) is 0. The molecular weight excluding hydrogens is 224 g/mol. The van der Waals surface area contributed by atoms with Crippen molar-refractivity contribution in [1.82, 2.24) is 0 Å². The standard InChI is InChI=1S/C13H13F2NO/c14-9-6-10(12(15)11(16)7-9)13(17)8-4-2-1-3-5-8/h4,6-7H,1-3,5,16H2. The summed E-state index contributed by atoms with van der Waals surface area (Å²) >= 11 is 0. The Hall–Kier alpha value is -1.71. The third kappa shape index (κ3) is 2.35. The summed E-state index contributed by atoms with van der Waals surface area (Å²) in [4.78, 5) is 12.0. The van der Waals surface area contributed by atoms with Crippen LogP contribution in [0.4, 0.5) is 14.5 Å². The maximum Gasteiger partial charge on any atom is 0.191 e. The fourth-order valence-electron chi connectivity index (χ4n) is 1.99. The smallest absolute Gasteiger partial charge is 0.191 e. The van der Waals surface area contributed by atoms with Gasteiger partial charge in [0.15, 0.2) is 11.6 Å². The van der Waals surface area contributed by atoms with E-state index in [-0.39, 0.29) is 11.3 Å². The van der Waals surface area contributed by atoms with Crippen molar-refractivity contribution in [3.63, 3.8) is 0 Å². The normalized spacial score (nSPS) is 15.5. The topological polar surface area (TPSA) is 43.1 Å². The average Bonchev–Trinajstić information content (AvgIpc) is 2.34. The van der Waals surface area contributed by atoms with Crippen molar-refractivity contribution in [3.8, 4) is 0 Å². The highest BCUT2D eigenvalue weighted by Gasteiger charge is 2.20. The first-order valence-corrected chi connectivity index (χ1v) is 5.58. The van der Waals surface area contributed by atoms with Gasteiger partial charge in [-0.05, 0) is 43.4 Å². The lowest BCUT2D eigenvalue weighted by molar-refractivity contribution is 0.102. The second kappa shape index (κ2) is 4.65. The van der Waals surface area contributed by atoms with Crippen LogP contribution in [0.2, 0.25) is 0 Å². The number of hydrogen-bond acceptors (Lipinski definition) is 2. The number of rotatable bonds is 2. The third-order valence-electron chi connectivity index (χ3n) is 2.89. The van der Waals surface area contributed by atoms with Gasteiger partial charge < -0.3 is 5.73 Å². The van der Waals surface area contributed by atoms with Gasteiger partial charge in [0.05, 0.1) is 11.3 Å². The zero-order chi connectivity index (χ0) is 12.4. The van der Waals surface area contributed by atoms with Crippen LogP contribution in [0.3, 0.4) is 0 Å². The highest BCUT2D eigenvalue weighted by Crippen LogP contribution is 2.25. The van der Waals surface area contributed by atoms with Crippen molar-refractivity contribution in [3.05, 3.63) is 41.0 Å².